The van der Waals surface area contributed by atoms with Gasteiger partial charge in [-0.25, -0.2) is 0 Å². The van der Waals surface area contributed by atoms with Crippen LogP contribution in [0, 0.1) is 6.92 Å². The SMILES string of the molecule is Cc1cccc(=O)[nH]1.Cl.NCC1=C2C=CC(=C1)C2. The molecular weight excluding hydrogens is 248 g/mol. The number of H-pyrrole nitrogens is 1. The van der Waals surface area contributed by atoms with E-state index in [1.54, 1.807) is 6.07 Å². The first-order chi connectivity index (χ1) is 8.19. The lowest BCUT2D eigenvalue weighted by Gasteiger charge is -1.95. The Morgan fingerprint density at radius 2 is 2.11 bits per heavy atom. The van der Waals surface area contributed by atoms with E-state index < -0.39 is 0 Å². The molecule has 1 heterocycles. The van der Waals surface area contributed by atoms with Crippen molar-refractivity contribution < 1.29 is 0 Å². The van der Waals surface area contributed by atoms with Gasteiger partial charge < -0.3 is 10.7 Å². The van der Waals surface area contributed by atoms with Crippen molar-refractivity contribution in [2.75, 3.05) is 6.54 Å². The summed E-state index contributed by atoms with van der Waals surface area (Å²) in [5.74, 6) is 0. The highest BCUT2D eigenvalue weighted by Gasteiger charge is 2.15. The molecule has 1 aromatic rings. The maximum Gasteiger partial charge on any atom is 0.248 e. The molecule has 2 bridgehead atoms. The minimum atomic E-state index is -0.0370. The molecule has 0 spiro atoms. The van der Waals surface area contributed by atoms with Crippen molar-refractivity contribution in [3.8, 4) is 0 Å². The van der Waals surface area contributed by atoms with Gasteiger partial charge in [-0.3, -0.25) is 4.79 Å². The van der Waals surface area contributed by atoms with Gasteiger partial charge in [-0.05, 0) is 36.1 Å². The fourth-order valence-electron chi connectivity index (χ4n) is 1.93. The summed E-state index contributed by atoms with van der Waals surface area (Å²) in [5.41, 5.74) is 10.5. The zero-order valence-electron chi connectivity index (χ0n) is 10.3. The van der Waals surface area contributed by atoms with Gasteiger partial charge in [0.1, 0.15) is 0 Å². The Morgan fingerprint density at radius 3 is 2.44 bits per heavy atom. The third-order valence-corrected chi connectivity index (χ3v) is 2.80. The number of rotatable bonds is 1. The van der Waals surface area contributed by atoms with Crippen molar-refractivity contribution in [1.82, 2.24) is 4.98 Å². The highest BCUT2D eigenvalue weighted by molar-refractivity contribution is 5.85. The smallest absolute Gasteiger partial charge is 0.248 e. The summed E-state index contributed by atoms with van der Waals surface area (Å²) in [6.45, 7) is 2.55. The zero-order chi connectivity index (χ0) is 12.3. The van der Waals surface area contributed by atoms with E-state index in [0.717, 1.165) is 12.1 Å². The van der Waals surface area contributed by atoms with Gasteiger partial charge in [-0.15, -0.1) is 12.4 Å². The van der Waals surface area contributed by atoms with Crippen LogP contribution in [0.4, 0.5) is 0 Å². The lowest BCUT2D eigenvalue weighted by Crippen LogP contribution is -2.02. The van der Waals surface area contributed by atoms with Gasteiger partial charge in [-0.2, -0.15) is 0 Å². The summed E-state index contributed by atoms with van der Waals surface area (Å²) in [6.07, 6.45) is 7.65. The quantitative estimate of drug-likeness (QED) is 0.817. The fraction of sp³-hybridized carbons (Fsp3) is 0.214. The topological polar surface area (TPSA) is 58.9 Å². The number of halogens is 1. The predicted octanol–water partition coefficient (Wildman–Crippen LogP) is 2.25. The number of pyridine rings is 1. The van der Waals surface area contributed by atoms with Crippen LogP contribution >= 0.6 is 12.4 Å². The van der Waals surface area contributed by atoms with Crippen LogP contribution in [0.5, 0.6) is 0 Å². The van der Waals surface area contributed by atoms with Crippen molar-refractivity contribution >= 4 is 12.4 Å². The molecule has 18 heavy (non-hydrogen) atoms. The van der Waals surface area contributed by atoms with Crippen molar-refractivity contribution in [2.45, 2.75) is 13.3 Å². The molecule has 0 amide bonds. The van der Waals surface area contributed by atoms with Crippen molar-refractivity contribution in [3.63, 3.8) is 0 Å². The standard InChI is InChI=1S/C8H9N.C6H7NO.ClH/c9-5-8-4-6-1-2-7(8)3-6;1-5-3-2-4-6(8)7-5;/h1-2,4H,3,5,9H2;2-4H,1H3,(H,7,8);1H. The molecule has 96 valence electrons. The summed E-state index contributed by atoms with van der Waals surface area (Å²) in [5, 5.41) is 0. The molecule has 1 aromatic heterocycles. The summed E-state index contributed by atoms with van der Waals surface area (Å²) >= 11 is 0. The van der Waals surface area contributed by atoms with Crippen LogP contribution in [0.3, 0.4) is 0 Å². The Morgan fingerprint density at radius 1 is 1.33 bits per heavy atom. The largest absolute Gasteiger partial charge is 0.327 e. The van der Waals surface area contributed by atoms with Crippen molar-refractivity contribution in [1.29, 1.82) is 0 Å². The van der Waals surface area contributed by atoms with Gasteiger partial charge in [0, 0.05) is 18.3 Å². The number of hydrogen-bond acceptors (Lipinski definition) is 2. The van der Waals surface area contributed by atoms with Gasteiger partial charge in [-0.1, -0.05) is 24.3 Å². The van der Waals surface area contributed by atoms with E-state index in [4.69, 9.17) is 5.73 Å². The van der Waals surface area contributed by atoms with E-state index in [0.29, 0.717) is 6.54 Å². The molecule has 0 radical (unpaired) electrons. The molecule has 0 unspecified atom stereocenters. The number of fused-ring (bicyclic) bond motifs is 2. The predicted molar refractivity (Wildman–Crippen MR) is 77.0 cm³/mol. The number of aromatic nitrogens is 1. The Kier molecular flexibility index (Phi) is 5.13. The molecular formula is C14H17ClN2O. The highest BCUT2D eigenvalue weighted by Crippen LogP contribution is 2.32. The van der Waals surface area contributed by atoms with Crippen LogP contribution < -0.4 is 11.3 Å². The highest BCUT2D eigenvalue weighted by atomic mass is 35.5. The molecule has 0 saturated heterocycles. The van der Waals surface area contributed by atoms with Crippen LogP contribution in [0.25, 0.3) is 0 Å². The Labute approximate surface area is 113 Å². The molecule has 0 atom stereocenters. The van der Waals surface area contributed by atoms with Gasteiger partial charge >= 0.3 is 0 Å². The molecule has 3 nitrogen and oxygen atoms in total. The summed E-state index contributed by atoms with van der Waals surface area (Å²) in [7, 11) is 0. The first-order valence-electron chi connectivity index (χ1n) is 5.66. The third kappa shape index (κ3) is 3.45. The molecule has 0 fully saturated rings. The summed E-state index contributed by atoms with van der Waals surface area (Å²) in [4.78, 5) is 13.0. The minimum absolute atomic E-state index is 0. The molecule has 3 rings (SSSR count). The van der Waals surface area contributed by atoms with Gasteiger partial charge in [0.25, 0.3) is 0 Å². The Bertz CT molecular complexity index is 567. The number of hydrogen-bond donors (Lipinski definition) is 2. The summed E-state index contributed by atoms with van der Waals surface area (Å²) in [6, 6.07) is 5.07. The van der Waals surface area contributed by atoms with Crippen LogP contribution in [0.15, 0.2) is 57.9 Å². The van der Waals surface area contributed by atoms with Crippen LogP contribution in [0.2, 0.25) is 0 Å². The van der Waals surface area contributed by atoms with E-state index in [9.17, 15) is 4.79 Å². The fourth-order valence-corrected chi connectivity index (χ4v) is 1.93. The van der Waals surface area contributed by atoms with Crippen molar-refractivity contribution in [2.24, 2.45) is 5.73 Å². The maximum atomic E-state index is 10.4. The average molecular weight is 265 g/mol. The Balaban J connectivity index is 0.000000172. The van der Waals surface area contributed by atoms with Gasteiger partial charge in [0.05, 0.1) is 0 Å². The minimum Gasteiger partial charge on any atom is -0.327 e. The first-order valence-corrected chi connectivity index (χ1v) is 5.66. The number of allylic oxidation sites excluding steroid dienone is 4. The summed E-state index contributed by atoms with van der Waals surface area (Å²) < 4.78 is 0. The number of aryl methyl sites for hydroxylation is 1. The Hall–Kier alpha value is -1.58. The average Bonchev–Trinajstić information content (AvgIpc) is 2.90. The van der Waals surface area contributed by atoms with Gasteiger partial charge in [0.15, 0.2) is 0 Å². The maximum absolute atomic E-state index is 10.4. The molecule has 0 saturated carbocycles. The van der Waals surface area contributed by atoms with Crippen molar-refractivity contribution in [3.05, 3.63) is 69.2 Å². The van der Waals surface area contributed by atoms with E-state index in [-0.39, 0.29) is 18.0 Å². The van der Waals surface area contributed by atoms with Crippen LogP contribution in [0.1, 0.15) is 12.1 Å². The normalized spacial score (nSPS) is 14.9. The molecule has 4 heteroatoms. The number of nitrogens with two attached hydrogens (primary N) is 1. The molecule has 3 N–H and O–H groups in total. The monoisotopic (exact) mass is 264 g/mol. The second kappa shape index (κ2) is 6.38. The lowest BCUT2D eigenvalue weighted by molar-refractivity contribution is 1.14. The molecule has 2 aliphatic carbocycles. The first kappa shape index (κ1) is 14.5. The zero-order valence-corrected chi connectivity index (χ0v) is 11.1. The van der Waals surface area contributed by atoms with Gasteiger partial charge in [0.2, 0.25) is 5.56 Å². The second-order valence-corrected chi connectivity index (χ2v) is 4.18. The molecule has 2 aliphatic rings. The molecule has 0 aromatic carbocycles. The van der Waals surface area contributed by atoms with E-state index >= 15 is 0 Å². The van der Waals surface area contributed by atoms with Crippen LogP contribution in [-0.4, -0.2) is 11.5 Å². The van der Waals surface area contributed by atoms with E-state index in [1.807, 2.05) is 13.0 Å². The second-order valence-electron chi connectivity index (χ2n) is 4.18. The number of nitrogens with one attached hydrogen (secondary N) is 1. The number of aromatic amines is 1. The lowest BCUT2D eigenvalue weighted by atomic mass is 10.1. The molecule has 0 aliphatic heterocycles. The van der Waals surface area contributed by atoms with E-state index in [2.05, 4.69) is 23.2 Å². The third-order valence-electron chi connectivity index (χ3n) is 2.80. The van der Waals surface area contributed by atoms with Crippen LogP contribution in [-0.2, 0) is 0 Å². The van der Waals surface area contributed by atoms with E-state index in [1.165, 1.54) is 22.8 Å².